The van der Waals surface area contributed by atoms with E-state index >= 15 is 0 Å². The lowest BCUT2D eigenvalue weighted by Gasteiger charge is -2.17. The molecule has 0 aromatic rings. The molecular formula is C9H18F2N2. The second kappa shape index (κ2) is 4.86. The van der Waals surface area contributed by atoms with Crippen molar-refractivity contribution in [1.82, 2.24) is 10.2 Å². The van der Waals surface area contributed by atoms with E-state index < -0.39 is 6.43 Å². The number of nitrogens with one attached hydrogen (secondary N) is 1. The van der Waals surface area contributed by atoms with Gasteiger partial charge in [0, 0.05) is 18.6 Å². The van der Waals surface area contributed by atoms with Crippen molar-refractivity contribution in [2.75, 3.05) is 19.6 Å². The molecule has 0 aromatic carbocycles. The molecule has 1 atom stereocenters. The van der Waals surface area contributed by atoms with Gasteiger partial charge in [-0.15, -0.1) is 0 Å². The first-order valence-electron chi connectivity index (χ1n) is 4.84. The zero-order chi connectivity index (χ0) is 9.84. The summed E-state index contributed by atoms with van der Waals surface area (Å²) in [6.07, 6.45) is -1.21. The van der Waals surface area contributed by atoms with Gasteiger partial charge in [0.05, 0.1) is 6.54 Å². The summed E-state index contributed by atoms with van der Waals surface area (Å²) in [5.74, 6) is 0. The first-order chi connectivity index (χ1) is 6.08. The summed E-state index contributed by atoms with van der Waals surface area (Å²) in [6, 6.07) is 0.843. The fourth-order valence-corrected chi connectivity index (χ4v) is 1.80. The van der Waals surface area contributed by atoms with Gasteiger partial charge in [-0.1, -0.05) is 13.8 Å². The van der Waals surface area contributed by atoms with Crippen molar-refractivity contribution in [1.29, 1.82) is 0 Å². The van der Waals surface area contributed by atoms with Gasteiger partial charge in [0.25, 0.3) is 6.43 Å². The summed E-state index contributed by atoms with van der Waals surface area (Å²) in [4.78, 5) is 1.82. The average molecular weight is 192 g/mol. The molecule has 0 spiro atoms. The molecule has 13 heavy (non-hydrogen) atoms. The Bertz CT molecular complexity index is 135. The number of rotatable bonds is 4. The van der Waals surface area contributed by atoms with Gasteiger partial charge in [0.1, 0.15) is 0 Å². The Morgan fingerprint density at radius 1 is 1.46 bits per heavy atom. The molecule has 1 aliphatic rings. The standard InChI is InChI=1S/C9H18F2N2/c1-7(2)12-8-3-4-13(5-8)6-9(10)11/h7-9,12H,3-6H2,1-2H3. The maximum absolute atomic E-state index is 12.0. The monoisotopic (exact) mass is 192 g/mol. The molecule has 2 nitrogen and oxygen atoms in total. The van der Waals surface area contributed by atoms with E-state index in [1.807, 2.05) is 4.90 Å². The summed E-state index contributed by atoms with van der Waals surface area (Å²) in [7, 11) is 0. The molecular weight excluding hydrogens is 174 g/mol. The quantitative estimate of drug-likeness (QED) is 0.722. The summed E-state index contributed by atoms with van der Waals surface area (Å²) >= 11 is 0. The van der Waals surface area contributed by atoms with Crippen LogP contribution in [0.3, 0.4) is 0 Å². The molecule has 0 aliphatic carbocycles. The van der Waals surface area contributed by atoms with Gasteiger partial charge >= 0.3 is 0 Å². The largest absolute Gasteiger partial charge is 0.310 e. The predicted octanol–water partition coefficient (Wildman–Crippen LogP) is 1.32. The molecule has 4 heteroatoms. The number of likely N-dealkylation sites (tertiary alicyclic amines) is 1. The molecule has 78 valence electrons. The van der Waals surface area contributed by atoms with Crippen LogP contribution in [0.1, 0.15) is 20.3 Å². The Balaban J connectivity index is 2.20. The minimum Gasteiger partial charge on any atom is -0.310 e. The van der Waals surface area contributed by atoms with Gasteiger partial charge in [-0.05, 0) is 13.0 Å². The Morgan fingerprint density at radius 2 is 2.15 bits per heavy atom. The Labute approximate surface area is 78.3 Å². The Kier molecular flexibility index (Phi) is 4.06. The van der Waals surface area contributed by atoms with Crippen molar-refractivity contribution in [3.8, 4) is 0 Å². The molecule has 1 unspecified atom stereocenters. The first-order valence-corrected chi connectivity index (χ1v) is 4.84. The van der Waals surface area contributed by atoms with E-state index in [0.717, 1.165) is 19.5 Å². The topological polar surface area (TPSA) is 15.3 Å². The number of halogens is 2. The van der Waals surface area contributed by atoms with Crippen LogP contribution in [0.4, 0.5) is 8.78 Å². The predicted molar refractivity (Wildman–Crippen MR) is 49.1 cm³/mol. The lowest BCUT2D eigenvalue weighted by atomic mass is 10.2. The molecule has 1 N–H and O–H groups in total. The van der Waals surface area contributed by atoms with Crippen LogP contribution in [0.5, 0.6) is 0 Å². The summed E-state index contributed by atoms with van der Waals surface area (Å²) in [6.45, 7) is 5.65. The molecule has 1 fully saturated rings. The van der Waals surface area contributed by atoms with Crippen LogP contribution in [0, 0.1) is 0 Å². The third kappa shape index (κ3) is 4.00. The number of hydrogen-bond acceptors (Lipinski definition) is 2. The van der Waals surface area contributed by atoms with Crippen molar-refractivity contribution in [2.24, 2.45) is 0 Å². The molecule has 0 radical (unpaired) electrons. The van der Waals surface area contributed by atoms with E-state index in [0.29, 0.717) is 12.1 Å². The SMILES string of the molecule is CC(C)NC1CCN(CC(F)F)C1. The van der Waals surface area contributed by atoms with Crippen molar-refractivity contribution < 1.29 is 8.78 Å². The van der Waals surface area contributed by atoms with E-state index in [-0.39, 0.29) is 6.54 Å². The van der Waals surface area contributed by atoms with E-state index in [4.69, 9.17) is 0 Å². The second-order valence-electron chi connectivity index (χ2n) is 3.96. The maximum Gasteiger partial charge on any atom is 0.251 e. The van der Waals surface area contributed by atoms with Crippen LogP contribution in [-0.2, 0) is 0 Å². The third-order valence-electron chi connectivity index (χ3n) is 2.24. The molecule has 1 heterocycles. The first kappa shape index (κ1) is 10.9. The fraction of sp³-hybridized carbons (Fsp3) is 1.00. The average Bonchev–Trinajstić information content (AvgIpc) is 2.33. The normalized spacial score (nSPS) is 24.9. The number of nitrogens with zero attached hydrogens (tertiary/aromatic N) is 1. The molecule has 0 amide bonds. The highest BCUT2D eigenvalue weighted by Gasteiger charge is 2.24. The molecule has 0 bridgehead atoms. The molecule has 0 aromatic heterocycles. The smallest absolute Gasteiger partial charge is 0.251 e. The van der Waals surface area contributed by atoms with Gasteiger partial charge in [-0.25, -0.2) is 8.78 Å². The van der Waals surface area contributed by atoms with Crippen molar-refractivity contribution in [3.05, 3.63) is 0 Å². The Hall–Kier alpha value is -0.220. The van der Waals surface area contributed by atoms with Crippen LogP contribution in [0.15, 0.2) is 0 Å². The van der Waals surface area contributed by atoms with Gasteiger partial charge in [0.2, 0.25) is 0 Å². The maximum atomic E-state index is 12.0. The minimum absolute atomic E-state index is 0.0731. The Morgan fingerprint density at radius 3 is 2.69 bits per heavy atom. The minimum atomic E-state index is -2.20. The summed E-state index contributed by atoms with van der Waals surface area (Å²) in [5.41, 5.74) is 0. The summed E-state index contributed by atoms with van der Waals surface area (Å²) < 4.78 is 24.0. The van der Waals surface area contributed by atoms with Crippen LogP contribution < -0.4 is 5.32 Å². The second-order valence-corrected chi connectivity index (χ2v) is 3.96. The highest BCUT2D eigenvalue weighted by molar-refractivity contribution is 4.82. The van der Waals surface area contributed by atoms with Crippen molar-refractivity contribution in [3.63, 3.8) is 0 Å². The van der Waals surface area contributed by atoms with Crippen LogP contribution >= 0.6 is 0 Å². The lowest BCUT2D eigenvalue weighted by Crippen LogP contribution is -2.37. The van der Waals surface area contributed by atoms with Crippen molar-refractivity contribution >= 4 is 0 Å². The molecule has 1 aliphatic heterocycles. The van der Waals surface area contributed by atoms with E-state index in [9.17, 15) is 8.78 Å². The third-order valence-corrected chi connectivity index (χ3v) is 2.24. The van der Waals surface area contributed by atoms with Gasteiger partial charge in [-0.3, -0.25) is 4.90 Å². The van der Waals surface area contributed by atoms with Crippen molar-refractivity contribution in [2.45, 2.75) is 38.8 Å². The molecule has 1 saturated heterocycles. The molecule has 0 saturated carbocycles. The van der Waals surface area contributed by atoms with Crippen LogP contribution in [0.25, 0.3) is 0 Å². The van der Waals surface area contributed by atoms with Gasteiger partial charge in [-0.2, -0.15) is 0 Å². The fourth-order valence-electron chi connectivity index (χ4n) is 1.80. The lowest BCUT2D eigenvalue weighted by molar-refractivity contribution is 0.0985. The van der Waals surface area contributed by atoms with E-state index in [1.54, 1.807) is 0 Å². The van der Waals surface area contributed by atoms with Crippen LogP contribution in [0.2, 0.25) is 0 Å². The highest BCUT2D eigenvalue weighted by atomic mass is 19.3. The summed E-state index contributed by atoms with van der Waals surface area (Å²) in [5, 5.41) is 3.36. The van der Waals surface area contributed by atoms with Crippen LogP contribution in [-0.4, -0.2) is 43.0 Å². The van der Waals surface area contributed by atoms with E-state index in [1.165, 1.54) is 0 Å². The highest BCUT2D eigenvalue weighted by Crippen LogP contribution is 2.11. The molecule has 1 rings (SSSR count). The van der Waals surface area contributed by atoms with Gasteiger partial charge in [0.15, 0.2) is 0 Å². The zero-order valence-corrected chi connectivity index (χ0v) is 8.26. The number of alkyl halides is 2. The van der Waals surface area contributed by atoms with Gasteiger partial charge < -0.3 is 5.32 Å². The zero-order valence-electron chi connectivity index (χ0n) is 8.26. The number of hydrogen-bond donors (Lipinski definition) is 1. The van der Waals surface area contributed by atoms with E-state index in [2.05, 4.69) is 19.2 Å².